The minimum absolute atomic E-state index is 0.119. The van der Waals surface area contributed by atoms with Gasteiger partial charge in [-0.05, 0) is 29.8 Å². The van der Waals surface area contributed by atoms with Crippen molar-refractivity contribution in [2.24, 2.45) is 0 Å². The van der Waals surface area contributed by atoms with Gasteiger partial charge in [0.25, 0.3) is 0 Å². The monoisotopic (exact) mass is 320 g/mol. The molecule has 0 bridgehead atoms. The molecule has 23 heavy (non-hydrogen) atoms. The van der Waals surface area contributed by atoms with Gasteiger partial charge in [-0.25, -0.2) is 4.79 Å². The van der Waals surface area contributed by atoms with Gasteiger partial charge in [-0.3, -0.25) is 0 Å². The molecule has 0 radical (unpaired) electrons. The molecule has 0 saturated heterocycles. The van der Waals surface area contributed by atoms with Crippen molar-refractivity contribution < 1.29 is 28.8 Å². The van der Waals surface area contributed by atoms with Crippen LogP contribution in [0.25, 0.3) is 0 Å². The molecule has 2 rings (SSSR count). The molecule has 1 aliphatic carbocycles. The highest BCUT2D eigenvalue weighted by molar-refractivity contribution is 5.83. The SMILES string of the molecule is COc1cc(C2C=CC(OC)(C(=O)O)C=C2)cc(OC)c1OC. The van der Waals surface area contributed by atoms with E-state index < -0.39 is 11.6 Å². The second-order valence-corrected chi connectivity index (χ2v) is 5.01. The second kappa shape index (κ2) is 6.75. The van der Waals surface area contributed by atoms with Crippen LogP contribution in [0.2, 0.25) is 0 Å². The molecule has 1 N–H and O–H groups in total. The van der Waals surface area contributed by atoms with Crippen molar-refractivity contribution in [3.63, 3.8) is 0 Å². The molecule has 1 aromatic rings. The summed E-state index contributed by atoms with van der Waals surface area (Å²) in [6.07, 6.45) is 6.61. The Hall–Kier alpha value is -2.47. The standard InChI is InChI=1S/C17H20O6/c1-20-13-9-12(10-14(21-2)15(13)22-3)11-5-7-17(23-4,8-6-11)16(18)19/h5-11H,1-4H3,(H,18,19). The average Bonchev–Trinajstić information content (AvgIpc) is 2.60. The van der Waals surface area contributed by atoms with Crippen molar-refractivity contribution >= 4 is 5.97 Å². The Morgan fingerprint density at radius 1 is 1.00 bits per heavy atom. The molecule has 0 unspecified atom stereocenters. The highest BCUT2D eigenvalue weighted by atomic mass is 16.5. The average molecular weight is 320 g/mol. The minimum Gasteiger partial charge on any atom is -0.493 e. The van der Waals surface area contributed by atoms with Gasteiger partial charge in [-0.1, -0.05) is 12.2 Å². The van der Waals surface area contributed by atoms with E-state index in [0.29, 0.717) is 17.2 Å². The first-order valence-corrected chi connectivity index (χ1v) is 6.98. The summed E-state index contributed by atoms with van der Waals surface area (Å²) in [7, 11) is 6.00. The van der Waals surface area contributed by atoms with Gasteiger partial charge in [0.2, 0.25) is 11.4 Å². The van der Waals surface area contributed by atoms with Crippen molar-refractivity contribution in [3.8, 4) is 17.2 Å². The number of carbonyl (C=O) groups is 1. The molecule has 0 aromatic heterocycles. The van der Waals surface area contributed by atoms with Crippen LogP contribution in [0.4, 0.5) is 0 Å². The Bertz CT molecular complexity index is 607. The molecule has 0 heterocycles. The van der Waals surface area contributed by atoms with Crippen molar-refractivity contribution in [2.45, 2.75) is 11.5 Å². The predicted molar refractivity (Wildman–Crippen MR) is 84.5 cm³/mol. The van der Waals surface area contributed by atoms with E-state index in [9.17, 15) is 9.90 Å². The highest BCUT2D eigenvalue weighted by Gasteiger charge is 2.35. The molecule has 6 nitrogen and oxygen atoms in total. The number of carboxylic acids is 1. The molecule has 0 spiro atoms. The Morgan fingerprint density at radius 2 is 1.52 bits per heavy atom. The maximum absolute atomic E-state index is 11.4. The number of ether oxygens (including phenoxy) is 4. The van der Waals surface area contributed by atoms with Crippen molar-refractivity contribution in [1.29, 1.82) is 0 Å². The molecular formula is C17H20O6. The van der Waals surface area contributed by atoms with E-state index in [1.165, 1.54) is 19.3 Å². The largest absolute Gasteiger partial charge is 0.493 e. The van der Waals surface area contributed by atoms with E-state index in [4.69, 9.17) is 18.9 Å². The number of aliphatic carboxylic acids is 1. The first-order chi connectivity index (χ1) is 11.0. The Labute approximate surface area is 134 Å². The molecule has 0 saturated carbocycles. The summed E-state index contributed by atoms with van der Waals surface area (Å²) in [4.78, 5) is 11.4. The van der Waals surface area contributed by atoms with Crippen LogP contribution in [0, 0.1) is 0 Å². The quantitative estimate of drug-likeness (QED) is 0.811. The van der Waals surface area contributed by atoms with Crippen LogP contribution in [0.1, 0.15) is 11.5 Å². The van der Waals surface area contributed by atoms with Crippen LogP contribution in [-0.4, -0.2) is 45.1 Å². The number of carboxylic acid groups (broad SMARTS) is 1. The number of methoxy groups -OCH3 is 4. The third-order valence-electron chi connectivity index (χ3n) is 3.85. The number of hydrogen-bond donors (Lipinski definition) is 1. The highest BCUT2D eigenvalue weighted by Crippen LogP contribution is 2.41. The zero-order valence-electron chi connectivity index (χ0n) is 13.5. The van der Waals surface area contributed by atoms with Gasteiger partial charge in [0, 0.05) is 13.0 Å². The van der Waals surface area contributed by atoms with E-state index in [2.05, 4.69) is 0 Å². The topological polar surface area (TPSA) is 74.2 Å². The van der Waals surface area contributed by atoms with Crippen molar-refractivity contribution in [2.75, 3.05) is 28.4 Å². The molecule has 6 heteroatoms. The fourth-order valence-corrected chi connectivity index (χ4v) is 2.49. The molecule has 0 aliphatic heterocycles. The van der Waals surface area contributed by atoms with Crippen LogP contribution in [0.15, 0.2) is 36.4 Å². The van der Waals surface area contributed by atoms with Gasteiger partial charge in [0.15, 0.2) is 11.5 Å². The summed E-state index contributed by atoms with van der Waals surface area (Å²) in [6, 6.07) is 3.67. The smallest absolute Gasteiger partial charge is 0.344 e. The van der Waals surface area contributed by atoms with E-state index in [0.717, 1.165) is 5.56 Å². The maximum atomic E-state index is 11.4. The van der Waals surface area contributed by atoms with E-state index >= 15 is 0 Å². The Morgan fingerprint density at radius 3 is 1.87 bits per heavy atom. The minimum atomic E-state index is -1.42. The van der Waals surface area contributed by atoms with Crippen LogP contribution in [0.5, 0.6) is 17.2 Å². The zero-order chi connectivity index (χ0) is 17.0. The molecule has 0 amide bonds. The van der Waals surface area contributed by atoms with Gasteiger partial charge in [0.1, 0.15) is 0 Å². The van der Waals surface area contributed by atoms with E-state index in [1.807, 2.05) is 12.1 Å². The van der Waals surface area contributed by atoms with Gasteiger partial charge in [-0.15, -0.1) is 0 Å². The zero-order valence-corrected chi connectivity index (χ0v) is 13.5. The van der Waals surface area contributed by atoms with Crippen LogP contribution >= 0.6 is 0 Å². The lowest BCUT2D eigenvalue weighted by molar-refractivity contribution is -0.151. The molecule has 0 fully saturated rings. The van der Waals surface area contributed by atoms with Gasteiger partial charge in [0.05, 0.1) is 21.3 Å². The van der Waals surface area contributed by atoms with Crippen molar-refractivity contribution in [3.05, 3.63) is 42.0 Å². The molecule has 1 aromatic carbocycles. The van der Waals surface area contributed by atoms with Crippen LogP contribution in [-0.2, 0) is 9.53 Å². The predicted octanol–water partition coefficient (Wildman–Crippen LogP) is 2.39. The van der Waals surface area contributed by atoms with Crippen molar-refractivity contribution in [1.82, 2.24) is 0 Å². The lowest BCUT2D eigenvalue weighted by Gasteiger charge is -2.26. The molecule has 124 valence electrons. The van der Waals surface area contributed by atoms with E-state index in [-0.39, 0.29) is 5.92 Å². The summed E-state index contributed by atoms with van der Waals surface area (Å²) in [6.45, 7) is 0. The lowest BCUT2D eigenvalue weighted by Crippen LogP contribution is -2.37. The summed E-state index contributed by atoms with van der Waals surface area (Å²) >= 11 is 0. The first kappa shape index (κ1) is 16.9. The summed E-state index contributed by atoms with van der Waals surface area (Å²) in [5.74, 6) is 0.428. The number of hydrogen-bond acceptors (Lipinski definition) is 5. The third-order valence-corrected chi connectivity index (χ3v) is 3.85. The third kappa shape index (κ3) is 3.03. The fraction of sp³-hybridized carbons (Fsp3) is 0.353. The fourth-order valence-electron chi connectivity index (χ4n) is 2.49. The summed E-state index contributed by atoms with van der Waals surface area (Å²) in [5.41, 5.74) is -0.529. The first-order valence-electron chi connectivity index (χ1n) is 6.98. The normalized spacial score (nSPS) is 22.7. The number of rotatable bonds is 6. The Balaban J connectivity index is 2.40. The number of benzene rings is 1. The maximum Gasteiger partial charge on any atom is 0.344 e. The number of allylic oxidation sites excluding steroid dienone is 2. The molecular weight excluding hydrogens is 300 g/mol. The lowest BCUT2D eigenvalue weighted by atomic mass is 9.88. The second-order valence-electron chi connectivity index (χ2n) is 5.01. The van der Waals surface area contributed by atoms with Gasteiger partial charge >= 0.3 is 5.97 Å². The summed E-state index contributed by atoms with van der Waals surface area (Å²) in [5, 5.41) is 9.29. The van der Waals surface area contributed by atoms with Gasteiger partial charge in [-0.2, -0.15) is 0 Å². The molecule has 1 aliphatic rings. The Kier molecular flexibility index (Phi) is 4.95. The summed E-state index contributed by atoms with van der Waals surface area (Å²) < 4.78 is 21.1. The van der Waals surface area contributed by atoms with Crippen LogP contribution in [0.3, 0.4) is 0 Å². The van der Waals surface area contributed by atoms with Gasteiger partial charge < -0.3 is 24.1 Å². The van der Waals surface area contributed by atoms with Crippen LogP contribution < -0.4 is 14.2 Å². The molecule has 0 atom stereocenters. The van der Waals surface area contributed by atoms with E-state index in [1.54, 1.807) is 33.5 Å².